The molecule has 1 saturated heterocycles. The molecule has 3 rings (SSSR count). The molecule has 1 atom stereocenters. The summed E-state index contributed by atoms with van der Waals surface area (Å²) in [5, 5.41) is 2.94. The zero-order valence-electron chi connectivity index (χ0n) is 14.5. The van der Waals surface area contributed by atoms with Gasteiger partial charge in [0, 0.05) is 25.4 Å². The van der Waals surface area contributed by atoms with Crippen LogP contribution in [0.25, 0.3) is 5.65 Å². The van der Waals surface area contributed by atoms with Gasteiger partial charge in [0.2, 0.25) is 11.8 Å². The van der Waals surface area contributed by atoms with E-state index < -0.39 is 6.04 Å². The molecule has 2 amide bonds. The van der Waals surface area contributed by atoms with Crippen LogP contribution in [-0.4, -0.2) is 38.7 Å². The molecule has 0 aliphatic carbocycles. The molecule has 0 aromatic carbocycles. The average Bonchev–Trinajstić information content (AvgIpc) is 3.11. The molecule has 0 saturated carbocycles. The second-order valence-corrected chi connectivity index (χ2v) is 6.80. The zero-order valence-corrected chi connectivity index (χ0v) is 14.5. The van der Waals surface area contributed by atoms with Crippen molar-refractivity contribution in [1.29, 1.82) is 0 Å². The van der Waals surface area contributed by atoms with Crippen LogP contribution in [-0.2, 0) is 16.1 Å². The molecule has 0 unspecified atom stereocenters. The molecule has 1 fully saturated rings. The van der Waals surface area contributed by atoms with E-state index in [0.29, 0.717) is 19.5 Å². The zero-order chi connectivity index (χ0) is 17.3. The lowest BCUT2D eigenvalue weighted by Gasteiger charge is -2.29. The van der Waals surface area contributed by atoms with Crippen LogP contribution >= 0.6 is 0 Å². The predicted molar refractivity (Wildman–Crippen MR) is 91.3 cm³/mol. The number of rotatable bonds is 5. The Kier molecular flexibility index (Phi) is 4.55. The molecule has 24 heavy (non-hydrogen) atoms. The molecule has 0 bridgehead atoms. The van der Waals surface area contributed by atoms with Crippen LogP contribution in [0.15, 0.2) is 24.5 Å². The average molecular weight is 328 g/mol. The quantitative estimate of drug-likeness (QED) is 0.912. The molecule has 6 heteroatoms. The van der Waals surface area contributed by atoms with E-state index in [1.807, 2.05) is 49.7 Å². The van der Waals surface area contributed by atoms with Crippen molar-refractivity contribution >= 4 is 17.5 Å². The molecule has 2 aromatic heterocycles. The van der Waals surface area contributed by atoms with Crippen molar-refractivity contribution in [3.8, 4) is 0 Å². The first-order valence-electron chi connectivity index (χ1n) is 8.47. The molecule has 0 spiro atoms. The Morgan fingerprint density at radius 2 is 2.12 bits per heavy atom. The number of aryl methyl sites for hydroxylation is 1. The minimum absolute atomic E-state index is 0.0760. The van der Waals surface area contributed by atoms with Gasteiger partial charge >= 0.3 is 0 Å². The van der Waals surface area contributed by atoms with Crippen LogP contribution in [0.2, 0.25) is 0 Å². The topological polar surface area (TPSA) is 66.7 Å². The number of nitrogens with zero attached hydrogens (tertiary/aromatic N) is 3. The maximum atomic E-state index is 12.6. The van der Waals surface area contributed by atoms with Gasteiger partial charge in [-0.25, -0.2) is 4.98 Å². The molecule has 1 N–H and O–H groups in total. The fourth-order valence-corrected chi connectivity index (χ4v) is 3.29. The molecule has 1 aliphatic rings. The number of imidazole rings is 1. The van der Waals surface area contributed by atoms with Gasteiger partial charge in [-0.05, 0) is 30.9 Å². The van der Waals surface area contributed by atoms with E-state index in [0.717, 1.165) is 23.3 Å². The highest BCUT2D eigenvalue weighted by atomic mass is 16.2. The molecule has 3 heterocycles. The number of hydrogen-bond donors (Lipinski definition) is 1. The van der Waals surface area contributed by atoms with Crippen molar-refractivity contribution in [3.63, 3.8) is 0 Å². The number of likely N-dealkylation sites (tertiary alicyclic amines) is 1. The fraction of sp³-hybridized carbons (Fsp3) is 0.500. The number of carbonyl (C=O) groups excluding carboxylic acids is 2. The van der Waals surface area contributed by atoms with Crippen molar-refractivity contribution in [2.45, 2.75) is 46.2 Å². The van der Waals surface area contributed by atoms with E-state index in [2.05, 4.69) is 10.3 Å². The molecular formula is C18H24N4O2. The number of hydrogen-bond acceptors (Lipinski definition) is 3. The summed E-state index contributed by atoms with van der Waals surface area (Å²) in [5.74, 6) is 0.0521. The summed E-state index contributed by atoms with van der Waals surface area (Å²) in [5.41, 5.74) is 2.83. The number of carbonyl (C=O) groups is 2. The smallest absolute Gasteiger partial charge is 0.243 e. The Hall–Kier alpha value is -2.37. The van der Waals surface area contributed by atoms with Crippen LogP contribution in [0.3, 0.4) is 0 Å². The van der Waals surface area contributed by atoms with Gasteiger partial charge in [-0.1, -0.05) is 19.9 Å². The van der Waals surface area contributed by atoms with Crippen molar-refractivity contribution in [1.82, 2.24) is 19.6 Å². The summed E-state index contributed by atoms with van der Waals surface area (Å²) in [4.78, 5) is 30.8. The van der Waals surface area contributed by atoms with Gasteiger partial charge in [-0.3, -0.25) is 9.59 Å². The van der Waals surface area contributed by atoms with Crippen molar-refractivity contribution in [2.75, 3.05) is 6.54 Å². The van der Waals surface area contributed by atoms with Crippen molar-refractivity contribution in [3.05, 3.63) is 35.8 Å². The minimum Gasteiger partial charge on any atom is -0.349 e. The fourth-order valence-electron chi connectivity index (χ4n) is 3.29. The first-order chi connectivity index (χ1) is 11.5. The summed E-state index contributed by atoms with van der Waals surface area (Å²) in [6.45, 7) is 7.02. The standard InChI is InChI=1S/C18H24N4O2/c1-12(2)17(22-8-4-5-16(22)23)18(24)19-9-14-11-21-10-13(3)6-7-15(21)20-14/h6-7,10-12,17H,4-5,8-9H2,1-3H3,(H,19,24)/t17-/m0/s1. The van der Waals surface area contributed by atoms with Gasteiger partial charge in [0.25, 0.3) is 0 Å². The monoisotopic (exact) mass is 328 g/mol. The largest absolute Gasteiger partial charge is 0.349 e. The number of fused-ring (bicyclic) bond motifs is 1. The summed E-state index contributed by atoms with van der Waals surface area (Å²) in [7, 11) is 0. The molecular weight excluding hydrogens is 304 g/mol. The second kappa shape index (κ2) is 6.63. The first kappa shape index (κ1) is 16.5. The van der Waals surface area contributed by atoms with Gasteiger partial charge in [0.1, 0.15) is 11.7 Å². The highest BCUT2D eigenvalue weighted by molar-refractivity contribution is 5.88. The lowest BCUT2D eigenvalue weighted by atomic mass is 10.0. The van der Waals surface area contributed by atoms with Gasteiger partial charge in [-0.2, -0.15) is 0 Å². The SMILES string of the molecule is Cc1ccc2nc(CNC(=O)[C@H](C(C)C)N3CCCC3=O)cn2c1. The molecule has 2 aromatic rings. The minimum atomic E-state index is -0.403. The van der Waals surface area contributed by atoms with Crippen LogP contribution in [0, 0.1) is 12.8 Å². The second-order valence-electron chi connectivity index (χ2n) is 6.80. The third kappa shape index (κ3) is 3.27. The molecule has 0 radical (unpaired) electrons. The number of aromatic nitrogens is 2. The van der Waals surface area contributed by atoms with Crippen molar-refractivity contribution < 1.29 is 9.59 Å². The third-order valence-electron chi connectivity index (χ3n) is 4.44. The van der Waals surface area contributed by atoms with Crippen molar-refractivity contribution in [2.24, 2.45) is 5.92 Å². The number of pyridine rings is 1. The van der Waals surface area contributed by atoms with E-state index in [-0.39, 0.29) is 17.7 Å². The molecule has 128 valence electrons. The van der Waals surface area contributed by atoms with E-state index in [1.54, 1.807) is 4.90 Å². The first-order valence-corrected chi connectivity index (χ1v) is 8.47. The van der Waals surface area contributed by atoms with Gasteiger partial charge in [0.15, 0.2) is 0 Å². The van der Waals surface area contributed by atoms with Crippen LogP contribution in [0.4, 0.5) is 0 Å². The van der Waals surface area contributed by atoms with E-state index in [1.165, 1.54) is 0 Å². The van der Waals surface area contributed by atoms with E-state index in [4.69, 9.17) is 0 Å². The third-order valence-corrected chi connectivity index (χ3v) is 4.44. The van der Waals surface area contributed by atoms with E-state index >= 15 is 0 Å². The van der Waals surface area contributed by atoms with Crippen LogP contribution < -0.4 is 5.32 Å². The lowest BCUT2D eigenvalue weighted by Crippen LogP contribution is -2.50. The summed E-state index contributed by atoms with van der Waals surface area (Å²) in [6, 6.07) is 3.57. The summed E-state index contributed by atoms with van der Waals surface area (Å²) >= 11 is 0. The molecule has 6 nitrogen and oxygen atoms in total. The van der Waals surface area contributed by atoms with Crippen LogP contribution in [0.5, 0.6) is 0 Å². The number of amides is 2. The van der Waals surface area contributed by atoms with E-state index in [9.17, 15) is 9.59 Å². The van der Waals surface area contributed by atoms with Gasteiger partial charge in [0.05, 0.1) is 12.2 Å². The normalized spacial score (nSPS) is 16.2. The highest BCUT2D eigenvalue weighted by Crippen LogP contribution is 2.19. The lowest BCUT2D eigenvalue weighted by molar-refractivity contribution is -0.139. The summed E-state index contributed by atoms with van der Waals surface area (Å²) in [6.07, 6.45) is 5.31. The van der Waals surface area contributed by atoms with Gasteiger partial charge < -0.3 is 14.6 Å². The molecule has 1 aliphatic heterocycles. The Morgan fingerprint density at radius 1 is 1.33 bits per heavy atom. The number of nitrogens with one attached hydrogen (secondary N) is 1. The maximum Gasteiger partial charge on any atom is 0.243 e. The highest BCUT2D eigenvalue weighted by Gasteiger charge is 2.34. The predicted octanol–water partition coefficient (Wildman–Crippen LogP) is 1.91. The Balaban J connectivity index is 1.69. The van der Waals surface area contributed by atoms with Gasteiger partial charge in [-0.15, -0.1) is 0 Å². The Morgan fingerprint density at radius 3 is 2.79 bits per heavy atom. The maximum absolute atomic E-state index is 12.6. The Bertz CT molecular complexity index is 765. The van der Waals surface area contributed by atoms with Crippen LogP contribution in [0.1, 0.15) is 37.9 Å². The summed E-state index contributed by atoms with van der Waals surface area (Å²) < 4.78 is 1.96. The Labute approximate surface area is 141 Å².